The minimum Gasteiger partial charge on any atom is -0.481 e. The third-order valence-electron chi connectivity index (χ3n) is 2.46. The number of halogens is 2. The molecule has 1 N–H and O–H groups in total. The zero-order valence-electron chi connectivity index (χ0n) is 9.82. The average molecular weight is 257 g/mol. The molecule has 1 aromatic rings. The second-order valence-corrected chi connectivity index (χ2v) is 3.85. The molecule has 0 atom stereocenters. The SMILES string of the molecule is CN(CCC(=O)O)C(=O)Cc1cccc(F)c1F. The number of rotatable bonds is 5. The lowest BCUT2D eigenvalue weighted by Gasteiger charge is -2.16. The quantitative estimate of drug-likeness (QED) is 0.868. The number of hydrogen-bond acceptors (Lipinski definition) is 2. The van der Waals surface area contributed by atoms with Gasteiger partial charge < -0.3 is 10.0 Å². The summed E-state index contributed by atoms with van der Waals surface area (Å²) in [5.41, 5.74) is -0.0397. The number of benzene rings is 1. The van der Waals surface area contributed by atoms with E-state index in [0.717, 1.165) is 6.07 Å². The van der Waals surface area contributed by atoms with Crippen molar-refractivity contribution in [2.24, 2.45) is 0 Å². The molecule has 0 aromatic heterocycles. The summed E-state index contributed by atoms with van der Waals surface area (Å²) >= 11 is 0. The predicted octanol–water partition coefficient (Wildman–Crippen LogP) is 1.44. The topological polar surface area (TPSA) is 57.6 Å². The Labute approximate surface area is 103 Å². The van der Waals surface area contributed by atoms with Gasteiger partial charge in [-0.2, -0.15) is 0 Å². The van der Waals surface area contributed by atoms with Gasteiger partial charge in [-0.15, -0.1) is 0 Å². The molecular weight excluding hydrogens is 244 g/mol. The summed E-state index contributed by atoms with van der Waals surface area (Å²) in [5.74, 6) is -3.53. The van der Waals surface area contributed by atoms with Gasteiger partial charge in [-0.25, -0.2) is 8.78 Å². The number of carboxylic acid groups (broad SMARTS) is 1. The Kier molecular flexibility index (Phi) is 4.76. The molecule has 4 nitrogen and oxygen atoms in total. The highest BCUT2D eigenvalue weighted by atomic mass is 19.2. The van der Waals surface area contributed by atoms with Gasteiger partial charge in [-0.3, -0.25) is 9.59 Å². The van der Waals surface area contributed by atoms with Crippen molar-refractivity contribution >= 4 is 11.9 Å². The van der Waals surface area contributed by atoms with Crippen molar-refractivity contribution < 1.29 is 23.5 Å². The van der Waals surface area contributed by atoms with E-state index in [2.05, 4.69) is 0 Å². The summed E-state index contributed by atoms with van der Waals surface area (Å²) < 4.78 is 26.2. The maximum atomic E-state index is 13.3. The van der Waals surface area contributed by atoms with E-state index in [4.69, 9.17) is 5.11 Å². The molecule has 0 saturated carbocycles. The number of carboxylic acids is 1. The first-order chi connectivity index (χ1) is 8.41. The van der Waals surface area contributed by atoms with Crippen LogP contribution in [-0.2, 0) is 16.0 Å². The fraction of sp³-hybridized carbons (Fsp3) is 0.333. The number of likely N-dealkylation sites (N-methyl/N-ethyl adjacent to an activating group) is 1. The highest BCUT2D eigenvalue weighted by Crippen LogP contribution is 2.12. The van der Waals surface area contributed by atoms with Crippen LogP contribution < -0.4 is 0 Å². The van der Waals surface area contributed by atoms with Gasteiger partial charge in [0.1, 0.15) is 0 Å². The first-order valence-electron chi connectivity index (χ1n) is 5.30. The van der Waals surface area contributed by atoms with Crippen molar-refractivity contribution in [3.8, 4) is 0 Å². The van der Waals surface area contributed by atoms with E-state index >= 15 is 0 Å². The van der Waals surface area contributed by atoms with Crippen molar-refractivity contribution in [2.45, 2.75) is 12.8 Å². The van der Waals surface area contributed by atoms with Gasteiger partial charge in [0.25, 0.3) is 0 Å². The van der Waals surface area contributed by atoms with Gasteiger partial charge in [-0.05, 0) is 6.07 Å². The summed E-state index contributed by atoms with van der Waals surface area (Å²) in [7, 11) is 1.42. The molecule has 1 amide bonds. The molecule has 0 aliphatic carbocycles. The maximum absolute atomic E-state index is 13.3. The standard InChI is InChI=1S/C12H13F2NO3/c1-15(6-5-11(17)18)10(16)7-8-3-2-4-9(13)12(8)14/h2-4H,5-7H2,1H3,(H,17,18). The minimum atomic E-state index is -1.04. The Morgan fingerprint density at radius 3 is 2.61 bits per heavy atom. The number of aliphatic carboxylic acids is 1. The van der Waals surface area contributed by atoms with Crippen LogP contribution in [0.3, 0.4) is 0 Å². The molecule has 0 radical (unpaired) electrons. The summed E-state index contributed by atoms with van der Waals surface area (Å²) in [4.78, 5) is 23.1. The van der Waals surface area contributed by atoms with Gasteiger partial charge >= 0.3 is 5.97 Å². The molecule has 0 aliphatic rings. The Morgan fingerprint density at radius 2 is 2.00 bits per heavy atom. The lowest BCUT2D eigenvalue weighted by atomic mass is 10.1. The van der Waals surface area contributed by atoms with Crippen LogP contribution in [0.1, 0.15) is 12.0 Å². The van der Waals surface area contributed by atoms with Crippen LogP contribution in [0.4, 0.5) is 8.78 Å². The second-order valence-electron chi connectivity index (χ2n) is 3.85. The molecule has 18 heavy (non-hydrogen) atoms. The van der Waals surface area contributed by atoms with Crippen LogP contribution in [0, 0.1) is 11.6 Å². The molecule has 0 aliphatic heterocycles. The van der Waals surface area contributed by atoms with E-state index < -0.39 is 23.5 Å². The smallest absolute Gasteiger partial charge is 0.305 e. The van der Waals surface area contributed by atoms with E-state index in [9.17, 15) is 18.4 Å². The molecule has 0 bridgehead atoms. The lowest BCUT2D eigenvalue weighted by Crippen LogP contribution is -2.30. The van der Waals surface area contributed by atoms with Crippen LogP contribution in [0.25, 0.3) is 0 Å². The molecule has 98 valence electrons. The molecule has 0 saturated heterocycles. The molecular formula is C12H13F2NO3. The fourth-order valence-corrected chi connectivity index (χ4v) is 1.37. The molecule has 1 aromatic carbocycles. The molecule has 0 fully saturated rings. The van der Waals surface area contributed by atoms with E-state index in [0.29, 0.717) is 0 Å². The zero-order chi connectivity index (χ0) is 13.7. The summed E-state index contributed by atoms with van der Waals surface area (Å²) in [6.45, 7) is 0.0328. The van der Waals surface area contributed by atoms with E-state index in [1.165, 1.54) is 24.1 Å². The van der Waals surface area contributed by atoms with Gasteiger partial charge in [-0.1, -0.05) is 12.1 Å². The normalized spacial score (nSPS) is 10.2. The zero-order valence-corrected chi connectivity index (χ0v) is 9.82. The van der Waals surface area contributed by atoms with Gasteiger partial charge in [0.05, 0.1) is 12.8 Å². The van der Waals surface area contributed by atoms with Gasteiger partial charge in [0.2, 0.25) is 5.91 Å². The monoisotopic (exact) mass is 257 g/mol. The predicted molar refractivity (Wildman–Crippen MR) is 60.0 cm³/mol. The van der Waals surface area contributed by atoms with Crippen LogP contribution in [0.5, 0.6) is 0 Å². The van der Waals surface area contributed by atoms with E-state index in [-0.39, 0.29) is 24.9 Å². The van der Waals surface area contributed by atoms with Crippen molar-refractivity contribution in [3.63, 3.8) is 0 Å². The number of carbonyl (C=O) groups is 2. The van der Waals surface area contributed by atoms with Gasteiger partial charge in [0, 0.05) is 19.2 Å². The maximum Gasteiger partial charge on any atom is 0.305 e. The molecule has 6 heteroatoms. The van der Waals surface area contributed by atoms with E-state index in [1.54, 1.807) is 0 Å². The average Bonchev–Trinajstić information content (AvgIpc) is 2.31. The van der Waals surface area contributed by atoms with Crippen molar-refractivity contribution in [2.75, 3.05) is 13.6 Å². The Bertz CT molecular complexity index is 463. The minimum absolute atomic E-state index is 0.0328. The van der Waals surface area contributed by atoms with Gasteiger partial charge in [0.15, 0.2) is 11.6 Å². The summed E-state index contributed by atoms with van der Waals surface area (Å²) in [6.07, 6.45) is -0.479. The molecule has 0 unspecified atom stereocenters. The third-order valence-corrected chi connectivity index (χ3v) is 2.46. The molecule has 1 rings (SSSR count). The summed E-state index contributed by atoms with van der Waals surface area (Å²) in [6, 6.07) is 3.61. The van der Waals surface area contributed by atoms with Crippen molar-refractivity contribution in [1.82, 2.24) is 4.90 Å². The first kappa shape index (κ1) is 14.1. The Balaban J connectivity index is 2.64. The number of carbonyl (C=O) groups excluding carboxylic acids is 1. The Hall–Kier alpha value is -1.98. The second kappa shape index (κ2) is 6.09. The summed E-state index contributed by atoms with van der Waals surface area (Å²) in [5, 5.41) is 8.47. The highest BCUT2D eigenvalue weighted by Gasteiger charge is 2.15. The molecule has 0 spiro atoms. The van der Waals surface area contributed by atoms with Crippen molar-refractivity contribution in [3.05, 3.63) is 35.4 Å². The fourth-order valence-electron chi connectivity index (χ4n) is 1.37. The van der Waals surface area contributed by atoms with Crippen LogP contribution >= 0.6 is 0 Å². The highest BCUT2D eigenvalue weighted by molar-refractivity contribution is 5.79. The van der Waals surface area contributed by atoms with Crippen molar-refractivity contribution in [1.29, 1.82) is 0 Å². The number of amides is 1. The first-order valence-corrected chi connectivity index (χ1v) is 5.30. The number of nitrogens with zero attached hydrogens (tertiary/aromatic N) is 1. The van der Waals surface area contributed by atoms with Crippen LogP contribution in [-0.4, -0.2) is 35.5 Å². The van der Waals surface area contributed by atoms with Crippen LogP contribution in [0.15, 0.2) is 18.2 Å². The van der Waals surface area contributed by atoms with E-state index in [1.807, 2.05) is 0 Å². The third kappa shape index (κ3) is 3.80. The largest absolute Gasteiger partial charge is 0.481 e. The Morgan fingerprint density at radius 1 is 1.33 bits per heavy atom. The molecule has 0 heterocycles. The van der Waals surface area contributed by atoms with Crippen LogP contribution in [0.2, 0.25) is 0 Å². The number of hydrogen-bond donors (Lipinski definition) is 1. The lowest BCUT2D eigenvalue weighted by molar-refractivity contribution is -0.138.